The molecule has 5 aromatic rings. The van der Waals surface area contributed by atoms with Crippen molar-refractivity contribution in [2.45, 2.75) is 13.5 Å². The van der Waals surface area contributed by atoms with Crippen LogP contribution < -0.4 is 19.6 Å². The molecule has 1 N–H and O–H groups in total. The van der Waals surface area contributed by atoms with E-state index >= 15 is 0 Å². The second-order valence-corrected chi connectivity index (χ2v) is 9.05. The Labute approximate surface area is 224 Å². The second kappa shape index (κ2) is 11.6. The summed E-state index contributed by atoms with van der Waals surface area (Å²) in [6.07, 6.45) is 1.71. The fraction of sp³-hybridized carbons (Fsp3) is 0.138. The van der Waals surface area contributed by atoms with Crippen LogP contribution in [-0.2, 0) is 6.61 Å². The zero-order chi connectivity index (χ0) is 26.3. The van der Waals surface area contributed by atoms with E-state index in [1.165, 1.54) is 11.3 Å². The summed E-state index contributed by atoms with van der Waals surface area (Å²) in [4.78, 5) is 9.25. The Morgan fingerprint density at radius 2 is 1.76 bits per heavy atom. The molecule has 0 radical (unpaired) electrons. The molecule has 2 heterocycles. The maximum absolute atomic E-state index is 6.11. The molecule has 38 heavy (non-hydrogen) atoms. The third-order valence-corrected chi connectivity index (χ3v) is 6.50. The normalized spacial score (nSPS) is 11.0. The minimum atomic E-state index is 0.229. The highest BCUT2D eigenvalue weighted by Crippen LogP contribution is 2.34. The number of thiazole rings is 1. The molecule has 8 nitrogen and oxygen atoms in total. The van der Waals surface area contributed by atoms with Crippen LogP contribution in [0.5, 0.6) is 17.2 Å². The van der Waals surface area contributed by atoms with E-state index in [0.29, 0.717) is 45.3 Å². The van der Waals surface area contributed by atoms with E-state index < -0.39 is 0 Å². The zero-order valence-corrected chi connectivity index (χ0v) is 22.0. The molecule has 192 valence electrons. The predicted molar refractivity (Wildman–Crippen MR) is 149 cm³/mol. The number of benzene rings is 3. The number of rotatable bonds is 10. The maximum atomic E-state index is 6.11. The highest BCUT2D eigenvalue weighted by atomic mass is 32.1. The van der Waals surface area contributed by atoms with Crippen molar-refractivity contribution in [2.24, 2.45) is 5.10 Å². The lowest BCUT2D eigenvalue weighted by atomic mass is 10.2. The van der Waals surface area contributed by atoms with Gasteiger partial charge in [-0.05, 0) is 37.3 Å². The van der Waals surface area contributed by atoms with Gasteiger partial charge in [-0.15, -0.1) is 11.3 Å². The van der Waals surface area contributed by atoms with E-state index in [4.69, 9.17) is 18.6 Å². The Hall–Kier alpha value is -4.63. The van der Waals surface area contributed by atoms with Crippen LogP contribution in [-0.4, -0.2) is 30.4 Å². The number of aryl methyl sites for hydroxylation is 1. The lowest BCUT2D eigenvalue weighted by Gasteiger charge is -2.08. The summed E-state index contributed by atoms with van der Waals surface area (Å²) in [5.74, 6) is 3.10. The van der Waals surface area contributed by atoms with E-state index in [-0.39, 0.29) is 6.61 Å². The number of para-hydroxylation sites is 1. The molecule has 0 bridgehead atoms. The number of anilines is 1. The van der Waals surface area contributed by atoms with E-state index in [2.05, 4.69) is 20.5 Å². The minimum absolute atomic E-state index is 0.229. The zero-order valence-electron chi connectivity index (χ0n) is 21.2. The minimum Gasteiger partial charge on any atom is -0.497 e. The predicted octanol–water partition coefficient (Wildman–Crippen LogP) is 6.82. The van der Waals surface area contributed by atoms with E-state index in [0.717, 1.165) is 16.8 Å². The first-order chi connectivity index (χ1) is 18.6. The van der Waals surface area contributed by atoms with Gasteiger partial charge in [0.05, 0.1) is 31.7 Å². The third-order valence-electron chi connectivity index (χ3n) is 5.75. The second-order valence-electron chi connectivity index (χ2n) is 8.19. The number of methoxy groups -OCH3 is 2. The average molecular weight is 527 g/mol. The molecule has 5 rings (SSSR count). The summed E-state index contributed by atoms with van der Waals surface area (Å²) in [5.41, 5.74) is 7.19. The van der Waals surface area contributed by atoms with Gasteiger partial charge in [0, 0.05) is 16.5 Å². The van der Waals surface area contributed by atoms with Crippen molar-refractivity contribution >= 4 is 22.7 Å². The number of hydrogen-bond donors (Lipinski definition) is 1. The van der Waals surface area contributed by atoms with Crippen molar-refractivity contribution in [2.75, 3.05) is 19.6 Å². The highest BCUT2D eigenvalue weighted by Gasteiger charge is 2.17. The Morgan fingerprint density at radius 1 is 0.947 bits per heavy atom. The van der Waals surface area contributed by atoms with Crippen molar-refractivity contribution in [1.29, 1.82) is 0 Å². The number of hydrazone groups is 1. The summed E-state index contributed by atoms with van der Waals surface area (Å²) in [7, 11) is 3.22. The molecule has 0 fully saturated rings. The monoisotopic (exact) mass is 526 g/mol. The summed E-state index contributed by atoms with van der Waals surface area (Å²) in [6, 6.07) is 23.2. The van der Waals surface area contributed by atoms with Crippen molar-refractivity contribution in [3.63, 3.8) is 0 Å². The van der Waals surface area contributed by atoms with E-state index in [9.17, 15) is 0 Å². The van der Waals surface area contributed by atoms with E-state index in [1.54, 1.807) is 20.4 Å². The number of ether oxygens (including phenoxy) is 3. The smallest absolute Gasteiger partial charge is 0.230 e. The Bertz CT molecular complexity index is 1550. The van der Waals surface area contributed by atoms with Gasteiger partial charge in [0.2, 0.25) is 11.0 Å². The van der Waals surface area contributed by atoms with Crippen LogP contribution in [0.25, 0.3) is 22.7 Å². The molecule has 3 aromatic carbocycles. The van der Waals surface area contributed by atoms with Gasteiger partial charge in [-0.1, -0.05) is 42.5 Å². The molecule has 0 atom stereocenters. The fourth-order valence-corrected chi connectivity index (χ4v) is 4.42. The summed E-state index contributed by atoms with van der Waals surface area (Å²) >= 11 is 1.50. The molecule has 9 heteroatoms. The average Bonchev–Trinajstić information content (AvgIpc) is 3.59. The molecule has 0 aliphatic carbocycles. The van der Waals surface area contributed by atoms with Gasteiger partial charge < -0.3 is 18.6 Å². The highest BCUT2D eigenvalue weighted by molar-refractivity contribution is 7.14. The lowest BCUT2D eigenvalue weighted by molar-refractivity contribution is 0.299. The number of nitrogens with zero attached hydrogens (tertiary/aromatic N) is 3. The van der Waals surface area contributed by atoms with E-state index in [1.807, 2.05) is 85.1 Å². The quantitative estimate of drug-likeness (QED) is 0.158. The molecule has 0 saturated carbocycles. The van der Waals surface area contributed by atoms with Gasteiger partial charge in [0.15, 0.2) is 0 Å². The van der Waals surface area contributed by atoms with Crippen molar-refractivity contribution in [3.8, 4) is 40.0 Å². The van der Waals surface area contributed by atoms with Crippen LogP contribution in [0.1, 0.15) is 17.0 Å². The number of aromatic nitrogens is 2. The van der Waals surface area contributed by atoms with Crippen molar-refractivity contribution < 1.29 is 18.6 Å². The molecular weight excluding hydrogens is 500 g/mol. The largest absolute Gasteiger partial charge is 0.497 e. The number of oxazole rings is 1. The first kappa shape index (κ1) is 25.0. The van der Waals surface area contributed by atoms with Gasteiger partial charge in [-0.3, -0.25) is 5.43 Å². The topological polar surface area (TPSA) is 91.0 Å². The number of nitrogens with one attached hydrogen (secondary N) is 1. The Kier molecular flexibility index (Phi) is 7.65. The molecular formula is C29H26N4O4S. The molecule has 0 saturated heterocycles. The fourth-order valence-electron chi connectivity index (χ4n) is 3.75. The van der Waals surface area contributed by atoms with Gasteiger partial charge in [-0.2, -0.15) is 5.10 Å². The summed E-state index contributed by atoms with van der Waals surface area (Å²) < 4.78 is 22.9. The first-order valence-corrected chi connectivity index (χ1v) is 12.7. The van der Waals surface area contributed by atoms with Gasteiger partial charge in [-0.25, -0.2) is 9.97 Å². The van der Waals surface area contributed by atoms with Gasteiger partial charge in [0.1, 0.15) is 35.3 Å². The molecule has 0 aliphatic rings. The molecule has 0 amide bonds. The molecule has 2 aromatic heterocycles. The SMILES string of the molecule is COc1ccc(OC)c(-c2nc(COc3ccccc3C=NNc3nc(-c4ccccc4)cs3)c(C)o2)c1. The van der Waals surface area contributed by atoms with Crippen LogP contribution in [0.3, 0.4) is 0 Å². The van der Waals surface area contributed by atoms with Gasteiger partial charge in [0.25, 0.3) is 0 Å². The third kappa shape index (κ3) is 5.68. The number of hydrogen-bond acceptors (Lipinski definition) is 9. The summed E-state index contributed by atoms with van der Waals surface area (Å²) in [5, 5.41) is 7.07. The molecule has 0 spiro atoms. The van der Waals surface area contributed by atoms with Crippen molar-refractivity contribution in [1.82, 2.24) is 9.97 Å². The van der Waals surface area contributed by atoms with Gasteiger partial charge >= 0.3 is 0 Å². The standard InChI is InChI=1S/C29H26N4O4S/c1-19-24(31-28(37-19)23-15-22(34-2)13-14-27(23)35-3)17-36-26-12-8-7-11-21(26)16-30-33-29-32-25(18-38-29)20-9-5-4-6-10-20/h4-16,18H,17H2,1-3H3,(H,32,33). The van der Waals surface area contributed by atoms with Crippen LogP contribution >= 0.6 is 11.3 Å². The van der Waals surface area contributed by atoms with Crippen LogP contribution in [0.2, 0.25) is 0 Å². The molecule has 0 unspecified atom stereocenters. The lowest BCUT2D eigenvalue weighted by Crippen LogP contribution is -2.01. The van der Waals surface area contributed by atoms with Crippen LogP contribution in [0.15, 0.2) is 87.7 Å². The Morgan fingerprint density at radius 3 is 2.58 bits per heavy atom. The summed E-state index contributed by atoms with van der Waals surface area (Å²) in [6.45, 7) is 2.09. The molecule has 0 aliphatic heterocycles. The first-order valence-electron chi connectivity index (χ1n) is 11.8. The van der Waals surface area contributed by atoms with Crippen molar-refractivity contribution in [3.05, 3.63) is 95.2 Å². The maximum Gasteiger partial charge on any atom is 0.230 e. The van der Waals surface area contributed by atoms with Crippen LogP contribution in [0.4, 0.5) is 5.13 Å². The van der Waals surface area contributed by atoms with Crippen LogP contribution in [0, 0.1) is 6.92 Å². The Balaban J connectivity index is 1.27.